The summed E-state index contributed by atoms with van der Waals surface area (Å²) >= 11 is 0. The molecule has 6 N–H and O–H groups in total. The van der Waals surface area contributed by atoms with E-state index in [9.17, 15) is 20.1 Å². The van der Waals surface area contributed by atoms with E-state index < -0.39 is 37.3 Å². The first-order valence-electron chi connectivity index (χ1n) is 8.15. The van der Waals surface area contributed by atoms with Gasteiger partial charge < -0.3 is 35.6 Å². The lowest BCUT2D eigenvalue weighted by atomic mass is 9.99. The number of carbonyl (C=O) groups is 1. The molecule has 1 saturated heterocycles. The van der Waals surface area contributed by atoms with E-state index in [1.54, 1.807) is 0 Å². The van der Waals surface area contributed by atoms with Gasteiger partial charge in [0.1, 0.15) is 30.2 Å². The third-order valence-corrected chi connectivity index (χ3v) is 3.89. The lowest BCUT2D eigenvalue weighted by Gasteiger charge is -2.39. The molecule has 1 heterocycles. The molecule has 2 unspecified atom stereocenters. The van der Waals surface area contributed by atoms with Gasteiger partial charge in [-0.2, -0.15) is 0 Å². The monoisotopic (exact) mass is 335 g/mol. The van der Waals surface area contributed by atoms with Crippen LogP contribution in [0, 0.1) is 0 Å². The molecule has 0 bridgehead atoms. The van der Waals surface area contributed by atoms with Gasteiger partial charge in [0.05, 0.1) is 6.61 Å². The molecule has 0 radical (unpaired) electrons. The zero-order valence-corrected chi connectivity index (χ0v) is 13.3. The van der Waals surface area contributed by atoms with Crippen molar-refractivity contribution in [1.29, 1.82) is 0 Å². The number of hydrogen-bond donors (Lipinski definition) is 5. The fourth-order valence-corrected chi connectivity index (χ4v) is 2.42. The molecule has 5 atom stereocenters. The van der Waals surface area contributed by atoms with Gasteiger partial charge in [0.2, 0.25) is 0 Å². The molecule has 1 aliphatic heterocycles. The Bertz CT molecular complexity index is 340. The average Bonchev–Trinajstić information content (AvgIpc) is 2.54. The van der Waals surface area contributed by atoms with Crippen molar-refractivity contribution >= 4 is 5.78 Å². The second-order valence-corrected chi connectivity index (χ2v) is 5.81. The number of nitrogens with two attached hydrogens (primary N) is 1. The fraction of sp³-hybridized carbons (Fsp3) is 0.933. The molecule has 0 saturated carbocycles. The van der Waals surface area contributed by atoms with Crippen molar-refractivity contribution in [2.45, 2.75) is 69.2 Å². The number of aliphatic hydroxyl groups excluding tert-OH is 4. The maximum atomic E-state index is 11.6. The van der Waals surface area contributed by atoms with Crippen molar-refractivity contribution in [1.82, 2.24) is 0 Å². The summed E-state index contributed by atoms with van der Waals surface area (Å²) in [6.45, 7) is 0.362. The van der Waals surface area contributed by atoms with Gasteiger partial charge in [-0.15, -0.1) is 0 Å². The van der Waals surface area contributed by atoms with Gasteiger partial charge in [0.25, 0.3) is 0 Å². The maximum Gasteiger partial charge on any atom is 0.186 e. The lowest BCUT2D eigenvalue weighted by Crippen LogP contribution is -2.59. The molecule has 136 valence electrons. The Hall–Kier alpha value is -0.610. The predicted molar refractivity (Wildman–Crippen MR) is 81.5 cm³/mol. The van der Waals surface area contributed by atoms with E-state index in [2.05, 4.69) is 0 Å². The molecular weight excluding hydrogens is 306 g/mol. The van der Waals surface area contributed by atoms with Crippen LogP contribution < -0.4 is 5.73 Å². The number of aliphatic hydroxyl groups is 4. The molecule has 0 aromatic rings. The van der Waals surface area contributed by atoms with Crippen LogP contribution in [0.15, 0.2) is 0 Å². The summed E-state index contributed by atoms with van der Waals surface area (Å²) < 4.78 is 10.6. The van der Waals surface area contributed by atoms with E-state index in [1.165, 1.54) is 0 Å². The molecule has 0 aromatic heterocycles. The molecule has 0 amide bonds. The molecule has 23 heavy (non-hydrogen) atoms. The van der Waals surface area contributed by atoms with Gasteiger partial charge in [-0.3, -0.25) is 4.79 Å². The number of hydrogen-bond acceptors (Lipinski definition) is 8. The first-order chi connectivity index (χ1) is 11.0. The Balaban J connectivity index is 2.18. The standard InChI is InChI=1S/C15H29NO7/c16-7-3-1-5-10(18)6-2-4-8-22-15-14(21)13(20)12(19)11(9-17)23-15/h11-15,17,19-21H,1-9,16H2/t11?,12-,13?,14-,15+/m1/s1. The predicted octanol–water partition coefficient (Wildman–Crippen LogP) is -1.33. The van der Waals surface area contributed by atoms with Gasteiger partial charge in [0, 0.05) is 19.4 Å². The minimum absolute atomic E-state index is 0.200. The highest BCUT2D eigenvalue weighted by Gasteiger charge is 2.43. The van der Waals surface area contributed by atoms with Crippen molar-refractivity contribution in [2.24, 2.45) is 5.73 Å². The van der Waals surface area contributed by atoms with Crippen LogP contribution in [0.25, 0.3) is 0 Å². The topological polar surface area (TPSA) is 142 Å². The van der Waals surface area contributed by atoms with E-state index in [-0.39, 0.29) is 12.4 Å². The molecule has 8 nitrogen and oxygen atoms in total. The van der Waals surface area contributed by atoms with Crippen molar-refractivity contribution in [2.75, 3.05) is 19.8 Å². The van der Waals surface area contributed by atoms with Crippen molar-refractivity contribution in [3.05, 3.63) is 0 Å². The molecule has 0 aliphatic carbocycles. The maximum absolute atomic E-state index is 11.6. The lowest BCUT2D eigenvalue weighted by molar-refractivity contribution is -0.301. The zero-order valence-electron chi connectivity index (χ0n) is 13.3. The highest BCUT2D eigenvalue weighted by molar-refractivity contribution is 5.78. The van der Waals surface area contributed by atoms with Crippen LogP contribution in [-0.4, -0.2) is 76.7 Å². The minimum atomic E-state index is -1.44. The van der Waals surface area contributed by atoms with Crippen LogP contribution in [0.5, 0.6) is 0 Å². The van der Waals surface area contributed by atoms with Gasteiger partial charge in [-0.05, 0) is 32.2 Å². The Morgan fingerprint density at radius 2 is 1.65 bits per heavy atom. The summed E-state index contributed by atoms with van der Waals surface area (Å²) in [4.78, 5) is 11.6. The van der Waals surface area contributed by atoms with E-state index in [4.69, 9.17) is 20.3 Å². The molecule has 1 rings (SSSR count). The van der Waals surface area contributed by atoms with Gasteiger partial charge in [-0.1, -0.05) is 0 Å². The number of Topliss-reactive ketones (excluding diaryl/α,β-unsaturated/α-hetero) is 1. The van der Waals surface area contributed by atoms with Gasteiger partial charge >= 0.3 is 0 Å². The molecule has 0 aromatic carbocycles. The van der Waals surface area contributed by atoms with Gasteiger partial charge in [-0.25, -0.2) is 0 Å². The quantitative estimate of drug-likeness (QED) is 0.292. The van der Waals surface area contributed by atoms with Crippen molar-refractivity contribution in [3.63, 3.8) is 0 Å². The SMILES string of the molecule is NCCCCC(=O)CCCCO[C@H]1OC(CO)[C@@H](O)C(O)[C@H]1O. The number of ketones is 1. The Morgan fingerprint density at radius 3 is 2.26 bits per heavy atom. The van der Waals surface area contributed by atoms with Crippen LogP contribution in [-0.2, 0) is 14.3 Å². The Labute approximate surface area is 136 Å². The summed E-state index contributed by atoms with van der Waals surface area (Å²) in [5.74, 6) is 0.200. The normalized spacial score (nSPS) is 31.3. The van der Waals surface area contributed by atoms with Crippen LogP contribution in [0.1, 0.15) is 38.5 Å². The first-order valence-corrected chi connectivity index (χ1v) is 8.15. The van der Waals surface area contributed by atoms with E-state index >= 15 is 0 Å². The second-order valence-electron chi connectivity index (χ2n) is 5.81. The smallest absolute Gasteiger partial charge is 0.186 e. The zero-order chi connectivity index (χ0) is 17.2. The van der Waals surface area contributed by atoms with Crippen molar-refractivity contribution in [3.8, 4) is 0 Å². The average molecular weight is 335 g/mol. The van der Waals surface area contributed by atoms with Crippen molar-refractivity contribution < 1.29 is 34.7 Å². The van der Waals surface area contributed by atoms with Crippen LogP contribution >= 0.6 is 0 Å². The largest absolute Gasteiger partial charge is 0.394 e. The third-order valence-electron chi connectivity index (χ3n) is 3.89. The minimum Gasteiger partial charge on any atom is -0.394 e. The number of rotatable bonds is 11. The Kier molecular flexibility index (Phi) is 9.80. The van der Waals surface area contributed by atoms with E-state index in [0.29, 0.717) is 32.2 Å². The summed E-state index contributed by atoms with van der Waals surface area (Å²) in [7, 11) is 0. The number of unbranched alkanes of at least 4 members (excludes halogenated alkanes) is 2. The molecule has 0 spiro atoms. The second kappa shape index (κ2) is 11.0. The highest BCUT2D eigenvalue weighted by atomic mass is 16.7. The Morgan fingerprint density at radius 1 is 1.00 bits per heavy atom. The van der Waals surface area contributed by atoms with Crippen LogP contribution in [0.3, 0.4) is 0 Å². The highest BCUT2D eigenvalue weighted by Crippen LogP contribution is 2.22. The molecular formula is C15H29NO7. The van der Waals surface area contributed by atoms with E-state index in [0.717, 1.165) is 12.8 Å². The van der Waals surface area contributed by atoms with Crippen LogP contribution in [0.4, 0.5) is 0 Å². The van der Waals surface area contributed by atoms with Crippen LogP contribution in [0.2, 0.25) is 0 Å². The first kappa shape index (κ1) is 20.4. The summed E-state index contributed by atoms with van der Waals surface area (Å²) in [5, 5.41) is 38.1. The molecule has 1 fully saturated rings. The number of ether oxygens (including phenoxy) is 2. The summed E-state index contributed by atoms with van der Waals surface area (Å²) in [6, 6.07) is 0. The fourth-order valence-electron chi connectivity index (χ4n) is 2.42. The van der Waals surface area contributed by atoms with E-state index in [1.807, 2.05) is 0 Å². The summed E-state index contributed by atoms with van der Waals surface area (Å²) in [6.07, 6.45) is -2.32. The third kappa shape index (κ3) is 6.80. The number of carbonyl (C=O) groups excluding carboxylic acids is 1. The molecule has 8 heteroatoms. The molecule has 1 aliphatic rings. The summed E-state index contributed by atoms with van der Waals surface area (Å²) in [5.41, 5.74) is 5.37. The van der Waals surface area contributed by atoms with Gasteiger partial charge in [0.15, 0.2) is 6.29 Å².